The van der Waals surface area contributed by atoms with Crippen molar-refractivity contribution in [3.8, 4) is 11.3 Å². The molecule has 1 aromatic heterocycles. The summed E-state index contributed by atoms with van der Waals surface area (Å²) in [7, 11) is 0. The van der Waals surface area contributed by atoms with Gasteiger partial charge in [-0.1, -0.05) is 12.1 Å². The van der Waals surface area contributed by atoms with Gasteiger partial charge in [0.25, 0.3) is 0 Å². The van der Waals surface area contributed by atoms with Gasteiger partial charge in [-0.15, -0.1) is 0 Å². The topological polar surface area (TPSA) is 52.7 Å². The van der Waals surface area contributed by atoms with Crippen molar-refractivity contribution >= 4 is 5.69 Å². The van der Waals surface area contributed by atoms with Gasteiger partial charge in [0.15, 0.2) is 0 Å². The second kappa shape index (κ2) is 5.89. The molecule has 2 heterocycles. The maximum atomic E-state index is 4.05. The largest absolute Gasteiger partial charge is 0.382 e. The molecule has 3 N–H and O–H groups in total. The second-order valence-corrected chi connectivity index (χ2v) is 5.06. The standard InChI is InChI=1S/C15H20N4/c1-2-13(7-9-16-8-1)19-14-5-3-12(4-6-14)15-10-17-11-18-15/h3-6,10-11,13,16,19H,1-2,7-9H2,(H,17,18). The van der Waals surface area contributed by atoms with E-state index in [1.807, 2.05) is 6.20 Å². The van der Waals surface area contributed by atoms with Gasteiger partial charge in [-0.05, 0) is 50.0 Å². The van der Waals surface area contributed by atoms with Crippen LogP contribution in [0.1, 0.15) is 19.3 Å². The molecule has 4 nitrogen and oxygen atoms in total. The van der Waals surface area contributed by atoms with Crippen LogP contribution in [0.3, 0.4) is 0 Å². The smallest absolute Gasteiger partial charge is 0.0924 e. The average molecular weight is 256 g/mol. The minimum Gasteiger partial charge on any atom is -0.382 e. The number of aromatic amines is 1. The summed E-state index contributed by atoms with van der Waals surface area (Å²) in [6, 6.07) is 9.14. The SMILES string of the molecule is c1ncc(-c2ccc(NC3CCCNCC3)cc2)[nH]1. The van der Waals surface area contributed by atoms with E-state index in [-0.39, 0.29) is 0 Å². The Morgan fingerprint density at radius 2 is 2.00 bits per heavy atom. The van der Waals surface area contributed by atoms with Gasteiger partial charge in [-0.3, -0.25) is 0 Å². The van der Waals surface area contributed by atoms with Gasteiger partial charge in [0.05, 0.1) is 18.2 Å². The molecule has 1 aliphatic heterocycles. The first-order valence-electron chi connectivity index (χ1n) is 6.98. The van der Waals surface area contributed by atoms with E-state index in [0.29, 0.717) is 6.04 Å². The van der Waals surface area contributed by atoms with E-state index in [9.17, 15) is 0 Å². The van der Waals surface area contributed by atoms with Crippen molar-refractivity contribution < 1.29 is 0 Å². The zero-order chi connectivity index (χ0) is 12.9. The lowest BCUT2D eigenvalue weighted by Gasteiger charge is -2.17. The van der Waals surface area contributed by atoms with Gasteiger partial charge < -0.3 is 15.6 Å². The number of benzene rings is 1. The summed E-state index contributed by atoms with van der Waals surface area (Å²) in [5, 5.41) is 7.07. The number of nitrogens with one attached hydrogen (secondary N) is 3. The van der Waals surface area contributed by atoms with E-state index in [0.717, 1.165) is 18.8 Å². The van der Waals surface area contributed by atoms with Crippen molar-refractivity contribution in [1.82, 2.24) is 15.3 Å². The van der Waals surface area contributed by atoms with E-state index in [1.165, 1.54) is 30.5 Å². The average Bonchev–Trinajstić information content (AvgIpc) is 2.86. The number of imidazole rings is 1. The van der Waals surface area contributed by atoms with Crippen molar-refractivity contribution in [1.29, 1.82) is 0 Å². The molecule has 1 aromatic carbocycles. The first-order valence-corrected chi connectivity index (χ1v) is 6.98. The van der Waals surface area contributed by atoms with Crippen LogP contribution < -0.4 is 10.6 Å². The minimum absolute atomic E-state index is 0.591. The normalized spacial score (nSPS) is 19.9. The molecule has 4 heteroatoms. The molecular formula is C15H20N4. The third-order valence-electron chi connectivity index (χ3n) is 3.64. The lowest BCUT2D eigenvalue weighted by Crippen LogP contribution is -2.21. The minimum atomic E-state index is 0.591. The summed E-state index contributed by atoms with van der Waals surface area (Å²) in [4.78, 5) is 7.17. The van der Waals surface area contributed by atoms with E-state index < -0.39 is 0 Å². The lowest BCUT2D eigenvalue weighted by molar-refractivity contribution is 0.637. The van der Waals surface area contributed by atoms with Crippen molar-refractivity contribution in [3.63, 3.8) is 0 Å². The molecule has 1 atom stereocenters. The second-order valence-electron chi connectivity index (χ2n) is 5.06. The van der Waals surface area contributed by atoms with Crippen molar-refractivity contribution in [2.24, 2.45) is 0 Å². The summed E-state index contributed by atoms with van der Waals surface area (Å²) in [5.41, 5.74) is 3.44. The zero-order valence-electron chi connectivity index (χ0n) is 11.0. The summed E-state index contributed by atoms with van der Waals surface area (Å²) < 4.78 is 0. The van der Waals surface area contributed by atoms with Gasteiger partial charge >= 0.3 is 0 Å². The van der Waals surface area contributed by atoms with Crippen LogP contribution in [0.2, 0.25) is 0 Å². The third-order valence-corrected chi connectivity index (χ3v) is 3.64. The predicted molar refractivity (Wildman–Crippen MR) is 78.2 cm³/mol. The number of rotatable bonds is 3. The fourth-order valence-corrected chi connectivity index (χ4v) is 2.56. The highest BCUT2D eigenvalue weighted by Crippen LogP contribution is 2.20. The van der Waals surface area contributed by atoms with Gasteiger partial charge in [-0.25, -0.2) is 4.98 Å². The molecular weight excluding hydrogens is 236 g/mol. The van der Waals surface area contributed by atoms with Crippen LogP contribution in [-0.2, 0) is 0 Å². The number of aromatic nitrogens is 2. The molecule has 2 aromatic rings. The fourth-order valence-electron chi connectivity index (χ4n) is 2.56. The molecule has 3 rings (SSSR count). The predicted octanol–water partition coefficient (Wildman–Crippen LogP) is 2.63. The quantitative estimate of drug-likeness (QED) is 0.791. The highest BCUT2D eigenvalue weighted by atomic mass is 14.9. The van der Waals surface area contributed by atoms with Crippen LogP contribution in [0, 0.1) is 0 Å². The van der Waals surface area contributed by atoms with Crippen LogP contribution in [0.15, 0.2) is 36.8 Å². The van der Waals surface area contributed by atoms with Crippen molar-refractivity contribution in [2.75, 3.05) is 18.4 Å². The maximum absolute atomic E-state index is 4.05. The molecule has 100 valence electrons. The third kappa shape index (κ3) is 3.15. The van der Waals surface area contributed by atoms with E-state index in [4.69, 9.17) is 0 Å². The van der Waals surface area contributed by atoms with Gasteiger partial charge in [0.2, 0.25) is 0 Å². The van der Waals surface area contributed by atoms with Gasteiger partial charge in [0, 0.05) is 11.7 Å². The monoisotopic (exact) mass is 256 g/mol. The Balaban J connectivity index is 1.65. The highest BCUT2D eigenvalue weighted by Gasteiger charge is 2.11. The molecule has 0 spiro atoms. The summed E-state index contributed by atoms with van der Waals surface area (Å²) in [6.45, 7) is 2.26. The molecule has 0 saturated carbocycles. The van der Waals surface area contributed by atoms with Crippen LogP contribution in [0.25, 0.3) is 11.3 Å². The van der Waals surface area contributed by atoms with Crippen LogP contribution in [-0.4, -0.2) is 29.1 Å². The van der Waals surface area contributed by atoms with E-state index >= 15 is 0 Å². The molecule has 0 amide bonds. The number of hydrogen-bond acceptors (Lipinski definition) is 3. The summed E-state index contributed by atoms with van der Waals surface area (Å²) in [5.74, 6) is 0. The van der Waals surface area contributed by atoms with Gasteiger partial charge in [-0.2, -0.15) is 0 Å². The van der Waals surface area contributed by atoms with Crippen molar-refractivity contribution in [3.05, 3.63) is 36.8 Å². The van der Waals surface area contributed by atoms with Crippen LogP contribution >= 0.6 is 0 Å². The maximum Gasteiger partial charge on any atom is 0.0924 e. The Hall–Kier alpha value is -1.81. The summed E-state index contributed by atoms with van der Waals surface area (Å²) in [6.07, 6.45) is 7.25. The van der Waals surface area contributed by atoms with Crippen LogP contribution in [0.4, 0.5) is 5.69 Å². The van der Waals surface area contributed by atoms with Gasteiger partial charge in [0.1, 0.15) is 0 Å². The number of anilines is 1. The first kappa shape index (κ1) is 12.2. The molecule has 19 heavy (non-hydrogen) atoms. The Bertz CT molecular complexity index is 481. The number of hydrogen-bond donors (Lipinski definition) is 3. The molecule has 0 radical (unpaired) electrons. The Morgan fingerprint density at radius 1 is 1.11 bits per heavy atom. The summed E-state index contributed by atoms with van der Waals surface area (Å²) >= 11 is 0. The number of nitrogens with zero attached hydrogens (tertiary/aromatic N) is 1. The highest BCUT2D eigenvalue weighted by molar-refractivity contribution is 5.62. The molecule has 1 fully saturated rings. The zero-order valence-corrected chi connectivity index (χ0v) is 11.0. The number of H-pyrrole nitrogens is 1. The van der Waals surface area contributed by atoms with E-state index in [1.54, 1.807) is 6.33 Å². The lowest BCUT2D eigenvalue weighted by atomic mass is 10.1. The van der Waals surface area contributed by atoms with E-state index in [2.05, 4.69) is 44.9 Å². The van der Waals surface area contributed by atoms with Crippen molar-refractivity contribution in [2.45, 2.75) is 25.3 Å². The Kier molecular flexibility index (Phi) is 3.79. The Labute approximate surface area is 113 Å². The first-order chi connectivity index (χ1) is 9.42. The molecule has 1 aliphatic rings. The molecule has 1 unspecified atom stereocenters. The molecule has 0 bridgehead atoms. The molecule has 1 saturated heterocycles. The van der Waals surface area contributed by atoms with Crippen LogP contribution in [0.5, 0.6) is 0 Å². The Morgan fingerprint density at radius 3 is 2.79 bits per heavy atom. The fraction of sp³-hybridized carbons (Fsp3) is 0.400. The molecule has 0 aliphatic carbocycles.